The average molecular weight is 215 g/mol. The largest absolute Gasteiger partial charge is 0.676 e. The van der Waals surface area contributed by atoms with E-state index in [1.807, 2.05) is 0 Å². The van der Waals surface area contributed by atoms with Crippen LogP contribution in [0.1, 0.15) is 0 Å². The fourth-order valence-electron chi connectivity index (χ4n) is 0.452. The minimum absolute atomic E-state index is 0.569. The molecule has 1 aliphatic heterocycles. The van der Waals surface area contributed by atoms with Gasteiger partial charge in [-0.3, -0.25) is 0 Å². The van der Waals surface area contributed by atoms with Crippen molar-refractivity contribution in [3.05, 3.63) is 5.73 Å². The van der Waals surface area contributed by atoms with Gasteiger partial charge in [-0.2, -0.15) is 0 Å². The first-order valence-corrected chi connectivity index (χ1v) is 5.26. The maximum Gasteiger partial charge on any atom is 0.0109 e. The van der Waals surface area contributed by atoms with Crippen LogP contribution in [0, 0.1) is 0 Å². The Balaban J connectivity index is 0.000000187. The van der Waals surface area contributed by atoms with Crippen LogP contribution in [0.2, 0.25) is 0 Å². The van der Waals surface area contributed by atoms with Gasteiger partial charge in [0, 0.05) is 13.1 Å². The van der Waals surface area contributed by atoms with Gasteiger partial charge in [-0.05, 0) is 6.54 Å². The van der Waals surface area contributed by atoms with Crippen molar-refractivity contribution in [3.8, 4) is 0 Å². The minimum Gasteiger partial charge on any atom is -0.676 e. The second-order valence-electron chi connectivity index (χ2n) is 1.64. The molecule has 0 saturated carbocycles. The van der Waals surface area contributed by atoms with E-state index in [4.69, 9.17) is 26.1 Å². The summed E-state index contributed by atoms with van der Waals surface area (Å²) < 4.78 is 0. The number of halogens is 2. The van der Waals surface area contributed by atoms with Crippen LogP contribution in [-0.4, -0.2) is 31.1 Å². The molecule has 0 bridgehead atoms. The van der Waals surface area contributed by atoms with E-state index in [2.05, 4.69) is 4.90 Å². The van der Waals surface area contributed by atoms with Crippen LogP contribution in [-0.2, 0) is 12.7 Å². The molecule has 0 radical (unpaired) electrons. The molecular formula is C4H9Cl2N2Ni-. The number of rotatable bonds is 2. The van der Waals surface area contributed by atoms with Gasteiger partial charge in [0.15, 0.2) is 0 Å². The fraction of sp³-hybridized carbons (Fsp3) is 1.00. The molecule has 2 nitrogen and oxygen atoms in total. The molecule has 0 aromatic rings. The summed E-state index contributed by atoms with van der Waals surface area (Å²) in [4.78, 5) is 2.24. The normalized spacial score (nSPS) is 16.8. The van der Waals surface area contributed by atoms with Crippen molar-refractivity contribution in [1.29, 1.82) is 0 Å². The van der Waals surface area contributed by atoms with E-state index in [1.165, 1.54) is 13.1 Å². The molecule has 0 unspecified atom stereocenters. The summed E-state index contributed by atoms with van der Waals surface area (Å²) >= 11 is 0.569. The molecule has 0 amide bonds. The molecule has 1 fully saturated rings. The molecule has 1 N–H and O–H groups in total. The molecule has 1 saturated heterocycles. The maximum absolute atomic E-state index is 6.73. The molecule has 0 spiro atoms. The molecule has 1 rings (SSSR count). The zero-order chi connectivity index (χ0) is 7.11. The molecule has 5 heteroatoms. The smallest absolute Gasteiger partial charge is 0.0109 e. The monoisotopic (exact) mass is 213 g/mol. The van der Waals surface area contributed by atoms with Gasteiger partial charge in [0.25, 0.3) is 0 Å². The van der Waals surface area contributed by atoms with Crippen LogP contribution in [0.4, 0.5) is 0 Å². The summed E-state index contributed by atoms with van der Waals surface area (Å²) in [6, 6.07) is 0. The fourth-order valence-corrected chi connectivity index (χ4v) is 0.452. The Bertz CT molecular complexity index is 60.5. The summed E-state index contributed by atoms with van der Waals surface area (Å²) in [6.45, 7) is 4.03. The van der Waals surface area contributed by atoms with Gasteiger partial charge in [-0.15, -0.1) is 6.54 Å². The molecule has 0 aliphatic carbocycles. The van der Waals surface area contributed by atoms with E-state index in [0.29, 0.717) is 19.2 Å². The molecule has 9 heavy (non-hydrogen) atoms. The van der Waals surface area contributed by atoms with E-state index < -0.39 is 0 Å². The van der Waals surface area contributed by atoms with Crippen LogP contribution in [0.15, 0.2) is 0 Å². The Kier molecular flexibility index (Phi) is 7.89. The van der Waals surface area contributed by atoms with Crippen molar-refractivity contribution in [2.24, 2.45) is 0 Å². The first-order chi connectivity index (χ1) is 4.35. The Morgan fingerprint density at radius 1 is 1.44 bits per heavy atom. The van der Waals surface area contributed by atoms with Crippen LogP contribution < -0.4 is 0 Å². The topological polar surface area (TPSA) is 26.8 Å². The van der Waals surface area contributed by atoms with Gasteiger partial charge in [0.2, 0.25) is 0 Å². The number of nitrogens with zero attached hydrogens (tertiary/aromatic N) is 1. The van der Waals surface area contributed by atoms with E-state index in [1.54, 1.807) is 0 Å². The van der Waals surface area contributed by atoms with Crippen molar-refractivity contribution in [2.75, 3.05) is 26.2 Å². The molecule has 1 heterocycles. The predicted octanol–water partition coefficient (Wildman–Crippen LogP) is 1.73. The van der Waals surface area contributed by atoms with E-state index >= 15 is 0 Å². The molecule has 0 aromatic heterocycles. The molecule has 0 aromatic carbocycles. The number of nitrogens with one attached hydrogen (secondary N) is 1. The van der Waals surface area contributed by atoms with Crippen LogP contribution >= 0.6 is 20.4 Å². The van der Waals surface area contributed by atoms with Crippen LogP contribution in [0.5, 0.6) is 0 Å². The molecule has 1 aliphatic rings. The Morgan fingerprint density at radius 2 is 1.89 bits per heavy atom. The van der Waals surface area contributed by atoms with Crippen molar-refractivity contribution in [1.82, 2.24) is 4.90 Å². The second-order valence-corrected chi connectivity index (χ2v) is 3.27. The van der Waals surface area contributed by atoms with Gasteiger partial charge >= 0.3 is 33.0 Å². The molecule has 0 atom stereocenters. The van der Waals surface area contributed by atoms with Crippen LogP contribution in [0.3, 0.4) is 0 Å². The minimum atomic E-state index is 0.569. The first-order valence-electron chi connectivity index (χ1n) is 2.54. The Hall–Kier alpha value is 0.994. The third-order valence-electron chi connectivity index (χ3n) is 0.968. The summed E-state index contributed by atoms with van der Waals surface area (Å²) in [6.07, 6.45) is 0. The average Bonchev–Trinajstić information content (AvgIpc) is 2.53. The third-order valence-corrected chi connectivity index (χ3v) is 0.968. The van der Waals surface area contributed by atoms with Crippen molar-refractivity contribution < 1.29 is 12.7 Å². The van der Waals surface area contributed by atoms with Crippen molar-refractivity contribution in [3.63, 3.8) is 0 Å². The predicted molar refractivity (Wildman–Crippen MR) is 37.3 cm³/mol. The van der Waals surface area contributed by atoms with Crippen LogP contribution in [0.25, 0.3) is 5.73 Å². The quantitative estimate of drug-likeness (QED) is 0.508. The standard InChI is InChI=1S/C4H9N2.2ClH.Ni/c5-1-2-6-3-4-6;;;/h5H,1-4H2;2*1H;/q-1;;;+2/p-2. The van der Waals surface area contributed by atoms with Gasteiger partial charge < -0.3 is 10.6 Å². The third kappa shape index (κ3) is 8.99. The SMILES string of the molecule is [Cl][Ni][Cl].[NH-]CCN1CC1. The summed E-state index contributed by atoms with van der Waals surface area (Å²) in [7, 11) is 9.40. The van der Waals surface area contributed by atoms with E-state index in [-0.39, 0.29) is 0 Å². The first kappa shape index (κ1) is 9.99. The van der Waals surface area contributed by atoms with Gasteiger partial charge in [-0.25, -0.2) is 0 Å². The summed E-state index contributed by atoms with van der Waals surface area (Å²) in [5, 5.41) is 0. The zero-order valence-corrected chi connectivity index (χ0v) is 7.35. The van der Waals surface area contributed by atoms with Crippen molar-refractivity contribution >= 4 is 20.4 Å². The Morgan fingerprint density at radius 3 is 2.00 bits per heavy atom. The van der Waals surface area contributed by atoms with Gasteiger partial charge in [-0.1, -0.05) is 0 Å². The zero-order valence-electron chi connectivity index (χ0n) is 4.85. The van der Waals surface area contributed by atoms with Gasteiger partial charge in [0.05, 0.1) is 0 Å². The second kappa shape index (κ2) is 7.10. The number of hydrogen-bond acceptors (Lipinski definition) is 1. The van der Waals surface area contributed by atoms with Gasteiger partial charge in [0.1, 0.15) is 0 Å². The Labute approximate surface area is 70.0 Å². The molecule has 60 valence electrons. The molecular weight excluding hydrogens is 206 g/mol. The maximum atomic E-state index is 6.73. The number of hydrogen-bond donors (Lipinski definition) is 0. The summed E-state index contributed by atoms with van der Waals surface area (Å²) in [5.74, 6) is 0. The summed E-state index contributed by atoms with van der Waals surface area (Å²) in [5.41, 5.74) is 6.73. The van der Waals surface area contributed by atoms with E-state index in [0.717, 1.165) is 6.54 Å². The van der Waals surface area contributed by atoms with Crippen molar-refractivity contribution in [2.45, 2.75) is 0 Å². The van der Waals surface area contributed by atoms with E-state index in [9.17, 15) is 0 Å².